The summed E-state index contributed by atoms with van der Waals surface area (Å²) in [6, 6.07) is 4.11. The van der Waals surface area contributed by atoms with E-state index in [1.165, 1.54) is 25.3 Å². The van der Waals surface area contributed by atoms with Gasteiger partial charge in [0.1, 0.15) is 11.9 Å². The predicted octanol–water partition coefficient (Wildman–Crippen LogP) is 0.815. The van der Waals surface area contributed by atoms with Crippen molar-refractivity contribution in [2.75, 3.05) is 12.9 Å². The molecule has 1 fully saturated rings. The number of ether oxygens (including phenoxy) is 1. The number of rotatable bonds is 2. The minimum absolute atomic E-state index is 0.313. The van der Waals surface area contributed by atoms with E-state index in [1.54, 1.807) is 13.0 Å². The van der Waals surface area contributed by atoms with Crippen LogP contribution in [0, 0.1) is 5.82 Å². The van der Waals surface area contributed by atoms with Crippen molar-refractivity contribution in [3.05, 3.63) is 35.6 Å². The molecule has 0 spiro atoms. The van der Waals surface area contributed by atoms with Crippen molar-refractivity contribution in [3.8, 4) is 0 Å². The Hall–Kier alpha value is -1.47. The molecule has 3 unspecified atom stereocenters. The molecule has 5 nitrogen and oxygen atoms in total. The van der Waals surface area contributed by atoms with Crippen LogP contribution in [-0.2, 0) is 19.4 Å². The van der Waals surface area contributed by atoms with Crippen molar-refractivity contribution in [1.29, 1.82) is 0 Å². The zero-order valence-corrected chi connectivity index (χ0v) is 12.0. The van der Waals surface area contributed by atoms with Crippen LogP contribution in [-0.4, -0.2) is 38.5 Å². The first kappa shape index (κ1) is 14.9. The van der Waals surface area contributed by atoms with Crippen LogP contribution in [0.1, 0.15) is 18.5 Å². The second kappa shape index (κ2) is 5.49. The Labute approximate surface area is 117 Å². The van der Waals surface area contributed by atoms with Gasteiger partial charge in [0.05, 0.1) is 18.1 Å². The number of nitrogens with one attached hydrogen (secondary N) is 1. The molecule has 0 aromatic heterocycles. The summed E-state index contributed by atoms with van der Waals surface area (Å²) < 4.78 is 42.2. The molecule has 1 heterocycles. The molecular weight excluding hydrogens is 285 g/mol. The van der Waals surface area contributed by atoms with E-state index in [2.05, 4.69) is 10.1 Å². The van der Waals surface area contributed by atoms with Gasteiger partial charge in [0.15, 0.2) is 9.84 Å². The van der Waals surface area contributed by atoms with E-state index in [1.807, 2.05) is 0 Å². The lowest BCUT2D eigenvalue weighted by molar-refractivity contribution is -0.142. The molecule has 1 aromatic carbocycles. The Balaban J connectivity index is 2.38. The van der Waals surface area contributed by atoms with Gasteiger partial charge in [0.25, 0.3) is 0 Å². The highest BCUT2D eigenvalue weighted by Gasteiger charge is 2.42. The monoisotopic (exact) mass is 301 g/mol. The van der Waals surface area contributed by atoms with Crippen LogP contribution >= 0.6 is 0 Å². The van der Waals surface area contributed by atoms with Crippen molar-refractivity contribution < 1.29 is 22.3 Å². The minimum Gasteiger partial charge on any atom is -0.468 e. The number of halogens is 1. The number of carbonyl (C=O) groups excluding carboxylic acids is 1. The fourth-order valence-electron chi connectivity index (χ4n) is 2.34. The lowest BCUT2D eigenvalue weighted by atomic mass is 10.0. The quantitative estimate of drug-likeness (QED) is 0.819. The van der Waals surface area contributed by atoms with Crippen molar-refractivity contribution in [2.45, 2.75) is 24.3 Å². The molecule has 1 aliphatic heterocycles. The van der Waals surface area contributed by atoms with Crippen molar-refractivity contribution >= 4 is 15.8 Å². The fraction of sp³-hybridized carbons (Fsp3) is 0.462. The number of hydrogen-bond acceptors (Lipinski definition) is 5. The molecule has 20 heavy (non-hydrogen) atoms. The molecule has 110 valence electrons. The molecule has 7 heteroatoms. The Morgan fingerprint density at radius 3 is 2.75 bits per heavy atom. The van der Waals surface area contributed by atoms with Gasteiger partial charge in [0, 0.05) is 6.04 Å². The summed E-state index contributed by atoms with van der Waals surface area (Å²) in [6.45, 7) is 1.55. The van der Waals surface area contributed by atoms with Crippen molar-refractivity contribution in [1.82, 2.24) is 5.32 Å². The van der Waals surface area contributed by atoms with Gasteiger partial charge in [-0.25, -0.2) is 12.8 Å². The molecular formula is C13H16FNO4S. The third kappa shape index (κ3) is 2.83. The Morgan fingerprint density at radius 2 is 2.15 bits per heavy atom. The van der Waals surface area contributed by atoms with Crippen molar-refractivity contribution in [2.24, 2.45) is 0 Å². The summed E-state index contributed by atoms with van der Waals surface area (Å²) >= 11 is 0. The highest BCUT2D eigenvalue weighted by molar-refractivity contribution is 7.92. The van der Waals surface area contributed by atoms with Gasteiger partial charge in [-0.05, 0) is 24.6 Å². The molecule has 1 saturated heterocycles. The Kier molecular flexibility index (Phi) is 4.10. The first-order chi connectivity index (χ1) is 9.35. The average molecular weight is 301 g/mol. The standard InChI is InChI=1S/C13H16FNO4S/c1-8-12(9-4-3-5-10(14)6-9)15-11(13(16)19-2)7-20(8,17)18/h3-6,8,11-12,15H,7H2,1-2H3. The van der Waals surface area contributed by atoms with E-state index in [9.17, 15) is 17.6 Å². The molecule has 0 radical (unpaired) electrons. The highest BCUT2D eigenvalue weighted by Crippen LogP contribution is 2.28. The van der Waals surface area contributed by atoms with Gasteiger partial charge >= 0.3 is 5.97 Å². The van der Waals surface area contributed by atoms with E-state index >= 15 is 0 Å². The summed E-state index contributed by atoms with van der Waals surface area (Å²) in [4.78, 5) is 11.6. The van der Waals surface area contributed by atoms with E-state index in [0.29, 0.717) is 5.56 Å². The second-order valence-electron chi connectivity index (χ2n) is 4.81. The van der Waals surface area contributed by atoms with Crippen LogP contribution in [0.5, 0.6) is 0 Å². The van der Waals surface area contributed by atoms with Gasteiger partial charge in [-0.3, -0.25) is 10.1 Å². The lowest BCUT2D eigenvalue weighted by Gasteiger charge is -2.34. The highest BCUT2D eigenvalue weighted by atomic mass is 32.2. The van der Waals surface area contributed by atoms with E-state index in [0.717, 1.165) is 0 Å². The average Bonchev–Trinajstić information content (AvgIpc) is 2.40. The van der Waals surface area contributed by atoms with Crippen LogP contribution in [0.3, 0.4) is 0 Å². The zero-order valence-electron chi connectivity index (χ0n) is 11.2. The van der Waals surface area contributed by atoms with Crippen LogP contribution < -0.4 is 5.32 Å². The number of benzene rings is 1. The number of carbonyl (C=O) groups is 1. The molecule has 3 atom stereocenters. The van der Waals surface area contributed by atoms with Gasteiger partial charge in [-0.2, -0.15) is 0 Å². The number of sulfone groups is 1. The number of hydrogen-bond donors (Lipinski definition) is 1. The summed E-state index contributed by atoms with van der Waals surface area (Å²) in [5.74, 6) is -1.40. The molecule has 0 amide bonds. The van der Waals surface area contributed by atoms with E-state index < -0.39 is 39.0 Å². The first-order valence-corrected chi connectivity index (χ1v) is 7.87. The van der Waals surface area contributed by atoms with Gasteiger partial charge in [-0.15, -0.1) is 0 Å². The van der Waals surface area contributed by atoms with Gasteiger partial charge < -0.3 is 4.74 Å². The molecule has 0 saturated carbocycles. The summed E-state index contributed by atoms with van der Waals surface area (Å²) in [6.07, 6.45) is 0. The van der Waals surface area contributed by atoms with Crippen LogP contribution in [0.4, 0.5) is 4.39 Å². The summed E-state index contributed by atoms with van der Waals surface area (Å²) in [5, 5.41) is 2.19. The van der Waals surface area contributed by atoms with Crippen LogP contribution in [0.2, 0.25) is 0 Å². The lowest BCUT2D eigenvalue weighted by Crippen LogP contribution is -2.55. The smallest absolute Gasteiger partial charge is 0.323 e. The number of methoxy groups -OCH3 is 1. The molecule has 1 aromatic rings. The predicted molar refractivity (Wildman–Crippen MR) is 71.3 cm³/mol. The van der Waals surface area contributed by atoms with E-state index in [-0.39, 0.29) is 5.75 Å². The van der Waals surface area contributed by atoms with Gasteiger partial charge in [0.2, 0.25) is 0 Å². The van der Waals surface area contributed by atoms with Crippen LogP contribution in [0.25, 0.3) is 0 Å². The summed E-state index contributed by atoms with van der Waals surface area (Å²) in [7, 11) is -2.26. The zero-order chi connectivity index (χ0) is 14.9. The van der Waals surface area contributed by atoms with Gasteiger partial charge in [-0.1, -0.05) is 12.1 Å². The molecule has 0 bridgehead atoms. The van der Waals surface area contributed by atoms with E-state index in [4.69, 9.17) is 0 Å². The summed E-state index contributed by atoms with van der Waals surface area (Å²) in [5.41, 5.74) is 0.495. The normalized spacial score (nSPS) is 28.9. The second-order valence-corrected chi connectivity index (χ2v) is 7.21. The third-order valence-corrected chi connectivity index (χ3v) is 5.71. The maximum atomic E-state index is 13.3. The first-order valence-electron chi connectivity index (χ1n) is 6.16. The minimum atomic E-state index is -3.46. The molecule has 0 aliphatic carbocycles. The topological polar surface area (TPSA) is 72.5 Å². The third-order valence-electron chi connectivity index (χ3n) is 3.51. The Bertz CT molecular complexity index is 617. The maximum Gasteiger partial charge on any atom is 0.323 e. The largest absolute Gasteiger partial charge is 0.468 e. The SMILES string of the molecule is COC(=O)C1CS(=O)(=O)C(C)C(c2cccc(F)c2)N1. The van der Waals surface area contributed by atoms with Crippen molar-refractivity contribution in [3.63, 3.8) is 0 Å². The number of esters is 1. The molecule has 1 aliphatic rings. The Morgan fingerprint density at radius 1 is 1.45 bits per heavy atom. The molecule has 1 N–H and O–H groups in total. The van der Waals surface area contributed by atoms with Crippen LogP contribution in [0.15, 0.2) is 24.3 Å². The molecule has 2 rings (SSSR count). The maximum absolute atomic E-state index is 13.3. The fourth-order valence-corrected chi connectivity index (χ4v) is 3.99.